The third-order valence-electron chi connectivity index (χ3n) is 3.06. The summed E-state index contributed by atoms with van der Waals surface area (Å²) in [6.07, 6.45) is 1.19. The van der Waals surface area contributed by atoms with Crippen LogP contribution >= 0.6 is 11.8 Å². The molecule has 1 rings (SSSR count). The van der Waals surface area contributed by atoms with E-state index in [0.29, 0.717) is 5.41 Å². The van der Waals surface area contributed by atoms with Crippen LogP contribution in [0, 0.1) is 5.41 Å². The van der Waals surface area contributed by atoms with Crippen LogP contribution in [-0.4, -0.2) is 42.6 Å². The molecule has 1 fully saturated rings. The summed E-state index contributed by atoms with van der Waals surface area (Å²) in [5.41, 5.74) is 6.14. The molecule has 1 atom stereocenters. The Morgan fingerprint density at radius 2 is 2.00 bits per heavy atom. The summed E-state index contributed by atoms with van der Waals surface area (Å²) in [5.74, 6) is 2.59. The molecule has 0 radical (unpaired) electrons. The molecule has 0 aliphatic carbocycles. The SMILES string of the molecule is CCC(C)(CN)CN1CCSCC1. The molecule has 13 heavy (non-hydrogen) atoms. The second-order valence-electron chi connectivity index (χ2n) is 4.26. The molecule has 2 N–H and O–H groups in total. The summed E-state index contributed by atoms with van der Waals surface area (Å²) in [7, 11) is 0. The molecule has 0 bridgehead atoms. The van der Waals surface area contributed by atoms with Crippen LogP contribution in [0.15, 0.2) is 0 Å². The van der Waals surface area contributed by atoms with E-state index >= 15 is 0 Å². The largest absolute Gasteiger partial charge is 0.330 e. The van der Waals surface area contributed by atoms with Gasteiger partial charge in [0.1, 0.15) is 0 Å². The van der Waals surface area contributed by atoms with Crippen molar-refractivity contribution in [1.29, 1.82) is 0 Å². The molecule has 1 unspecified atom stereocenters. The first-order valence-corrected chi connectivity index (χ1v) is 6.36. The molecule has 78 valence electrons. The summed E-state index contributed by atoms with van der Waals surface area (Å²) in [4.78, 5) is 2.56. The summed E-state index contributed by atoms with van der Waals surface area (Å²) in [6, 6.07) is 0. The minimum atomic E-state index is 0.335. The maximum absolute atomic E-state index is 5.80. The number of hydrogen-bond donors (Lipinski definition) is 1. The number of thioether (sulfide) groups is 1. The van der Waals surface area contributed by atoms with Crippen LogP contribution in [0.4, 0.5) is 0 Å². The third-order valence-corrected chi connectivity index (χ3v) is 4.00. The van der Waals surface area contributed by atoms with E-state index in [-0.39, 0.29) is 0 Å². The number of rotatable bonds is 4. The van der Waals surface area contributed by atoms with E-state index in [1.54, 1.807) is 0 Å². The molecule has 1 aliphatic heterocycles. The van der Waals surface area contributed by atoms with Gasteiger partial charge < -0.3 is 10.6 Å². The maximum atomic E-state index is 5.80. The first-order valence-electron chi connectivity index (χ1n) is 5.20. The molecule has 2 nitrogen and oxygen atoms in total. The lowest BCUT2D eigenvalue weighted by atomic mass is 9.87. The Kier molecular flexibility index (Phi) is 4.56. The van der Waals surface area contributed by atoms with E-state index in [4.69, 9.17) is 5.73 Å². The van der Waals surface area contributed by atoms with E-state index in [1.807, 2.05) is 0 Å². The third kappa shape index (κ3) is 3.49. The predicted molar refractivity (Wildman–Crippen MR) is 61.2 cm³/mol. The Bertz CT molecular complexity index is 140. The van der Waals surface area contributed by atoms with Crippen molar-refractivity contribution < 1.29 is 0 Å². The molecule has 0 aromatic carbocycles. The maximum Gasteiger partial charge on any atom is 0.00729 e. The average molecular weight is 202 g/mol. The van der Waals surface area contributed by atoms with Crippen LogP contribution in [0.3, 0.4) is 0 Å². The second kappa shape index (κ2) is 5.23. The fourth-order valence-corrected chi connectivity index (χ4v) is 2.60. The summed E-state index contributed by atoms with van der Waals surface area (Å²) >= 11 is 2.07. The average Bonchev–Trinajstić information content (AvgIpc) is 2.19. The lowest BCUT2D eigenvalue weighted by Gasteiger charge is -2.35. The fourth-order valence-electron chi connectivity index (χ4n) is 1.62. The zero-order valence-corrected chi connectivity index (χ0v) is 9.70. The van der Waals surface area contributed by atoms with Gasteiger partial charge in [0, 0.05) is 31.1 Å². The van der Waals surface area contributed by atoms with Crippen LogP contribution < -0.4 is 5.73 Å². The number of nitrogens with zero attached hydrogens (tertiary/aromatic N) is 1. The summed E-state index contributed by atoms with van der Waals surface area (Å²) in [5, 5.41) is 0. The van der Waals surface area contributed by atoms with Crippen molar-refractivity contribution >= 4 is 11.8 Å². The summed E-state index contributed by atoms with van der Waals surface area (Å²) in [6.45, 7) is 9.04. The van der Waals surface area contributed by atoms with E-state index in [0.717, 1.165) is 6.54 Å². The van der Waals surface area contributed by atoms with Gasteiger partial charge in [-0.3, -0.25) is 0 Å². The Morgan fingerprint density at radius 3 is 2.46 bits per heavy atom. The number of hydrogen-bond acceptors (Lipinski definition) is 3. The van der Waals surface area contributed by atoms with Gasteiger partial charge in [-0.15, -0.1) is 0 Å². The first-order chi connectivity index (χ1) is 6.20. The molecule has 0 aromatic rings. The van der Waals surface area contributed by atoms with E-state index < -0.39 is 0 Å². The highest BCUT2D eigenvalue weighted by molar-refractivity contribution is 7.99. The molecule has 0 saturated carbocycles. The standard InChI is InChI=1S/C10H22N2S/c1-3-10(2,8-11)9-12-4-6-13-7-5-12/h3-9,11H2,1-2H3. The molecule has 1 heterocycles. The lowest BCUT2D eigenvalue weighted by Crippen LogP contribution is -2.43. The highest BCUT2D eigenvalue weighted by atomic mass is 32.2. The van der Waals surface area contributed by atoms with Gasteiger partial charge in [0.05, 0.1) is 0 Å². The van der Waals surface area contributed by atoms with Crippen LogP contribution in [-0.2, 0) is 0 Å². The van der Waals surface area contributed by atoms with E-state index in [9.17, 15) is 0 Å². The fraction of sp³-hybridized carbons (Fsp3) is 1.00. The monoisotopic (exact) mass is 202 g/mol. The Labute approximate surface area is 86.2 Å². The van der Waals surface area contributed by atoms with E-state index in [2.05, 4.69) is 30.5 Å². The highest BCUT2D eigenvalue weighted by Crippen LogP contribution is 2.22. The minimum Gasteiger partial charge on any atom is -0.330 e. The van der Waals surface area contributed by atoms with Crippen molar-refractivity contribution in [2.24, 2.45) is 11.1 Å². The van der Waals surface area contributed by atoms with Crippen LogP contribution in [0.5, 0.6) is 0 Å². The molecule has 0 spiro atoms. The minimum absolute atomic E-state index is 0.335. The van der Waals surface area contributed by atoms with Gasteiger partial charge in [0.2, 0.25) is 0 Å². The lowest BCUT2D eigenvalue weighted by molar-refractivity contribution is 0.176. The van der Waals surface area contributed by atoms with Gasteiger partial charge in [-0.2, -0.15) is 11.8 Å². The first kappa shape index (κ1) is 11.3. The van der Waals surface area contributed by atoms with Gasteiger partial charge in [-0.25, -0.2) is 0 Å². The Hall–Kier alpha value is 0.270. The molecule has 1 aliphatic rings. The van der Waals surface area contributed by atoms with Gasteiger partial charge in [-0.1, -0.05) is 13.8 Å². The van der Waals surface area contributed by atoms with Gasteiger partial charge in [0.25, 0.3) is 0 Å². The van der Waals surface area contributed by atoms with Crippen molar-refractivity contribution in [3.8, 4) is 0 Å². The van der Waals surface area contributed by atoms with Gasteiger partial charge >= 0.3 is 0 Å². The zero-order chi connectivity index (χ0) is 9.73. The van der Waals surface area contributed by atoms with Crippen LogP contribution in [0.1, 0.15) is 20.3 Å². The Morgan fingerprint density at radius 1 is 1.38 bits per heavy atom. The predicted octanol–water partition coefficient (Wildman–Crippen LogP) is 1.41. The summed E-state index contributed by atoms with van der Waals surface area (Å²) < 4.78 is 0. The second-order valence-corrected chi connectivity index (χ2v) is 5.48. The van der Waals surface area contributed by atoms with Crippen LogP contribution in [0.25, 0.3) is 0 Å². The van der Waals surface area contributed by atoms with Crippen molar-refractivity contribution in [3.63, 3.8) is 0 Å². The molecule has 3 heteroatoms. The van der Waals surface area contributed by atoms with Crippen molar-refractivity contribution in [3.05, 3.63) is 0 Å². The van der Waals surface area contributed by atoms with Crippen molar-refractivity contribution in [1.82, 2.24) is 4.90 Å². The van der Waals surface area contributed by atoms with E-state index in [1.165, 1.54) is 37.6 Å². The molecular formula is C10H22N2S. The normalized spacial score (nSPS) is 24.2. The molecule has 0 aromatic heterocycles. The van der Waals surface area contributed by atoms with Gasteiger partial charge in [-0.05, 0) is 18.4 Å². The topological polar surface area (TPSA) is 29.3 Å². The van der Waals surface area contributed by atoms with Crippen molar-refractivity contribution in [2.75, 3.05) is 37.7 Å². The Balaban J connectivity index is 2.35. The highest BCUT2D eigenvalue weighted by Gasteiger charge is 2.24. The van der Waals surface area contributed by atoms with Crippen LogP contribution in [0.2, 0.25) is 0 Å². The van der Waals surface area contributed by atoms with Crippen molar-refractivity contribution in [2.45, 2.75) is 20.3 Å². The molecule has 1 saturated heterocycles. The van der Waals surface area contributed by atoms with Gasteiger partial charge in [0.15, 0.2) is 0 Å². The number of nitrogens with two attached hydrogens (primary N) is 1. The quantitative estimate of drug-likeness (QED) is 0.747. The zero-order valence-electron chi connectivity index (χ0n) is 8.88. The molecule has 0 amide bonds. The molecular weight excluding hydrogens is 180 g/mol. The smallest absolute Gasteiger partial charge is 0.00729 e.